The van der Waals surface area contributed by atoms with E-state index in [1.165, 1.54) is 14.2 Å². The van der Waals surface area contributed by atoms with Crippen molar-refractivity contribution < 1.29 is 19.1 Å². The van der Waals surface area contributed by atoms with Crippen molar-refractivity contribution in [2.24, 2.45) is 0 Å². The zero-order valence-electron chi connectivity index (χ0n) is 16.4. The van der Waals surface area contributed by atoms with Gasteiger partial charge in [-0.05, 0) is 42.2 Å². The van der Waals surface area contributed by atoms with Crippen molar-refractivity contribution in [3.8, 4) is 11.5 Å². The van der Waals surface area contributed by atoms with Crippen LogP contribution in [0.2, 0.25) is 0 Å². The van der Waals surface area contributed by atoms with Crippen LogP contribution in [0.5, 0.6) is 11.5 Å². The summed E-state index contributed by atoms with van der Waals surface area (Å²) in [6, 6.07) is 10.8. The van der Waals surface area contributed by atoms with Gasteiger partial charge < -0.3 is 20.1 Å². The number of carbonyl (C=O) groups excluding carboxylic acids is 2. The van der Waals surface area contributed by atoms with E-state index < -0.39 is 0 Å². The van der Waals surface area contributed by atoms with E-state index in [1.807, 2.05) is 25.1 Å². The fourth-order valence-corrected chi connectivity index (χ4v) is 2.77. The second kappa shape index (κ2) is 9.07. The molecule has 6 nitrogen and oxygen atoms in total. The normalized spacial score (nSPS) is 10.4. The van der Waals surface area contributed by atoms with E-state index in [4.69, 9.17) is 9.47 Å². The van der Waals surface area contributed by atoms with Crippen molar-refractivity contribution in [1.82, 2.24) is 5.32 Å². The molecule has 0 unspecified atom stereocenters. The summed E-state index contributed by atoms with van der Waals surface area (Å²) in [5.41, 5.74) is 3.24. The topological polar surface area (TPSA) is 76.7 Å². The van der Waals surface area contributed by atoms with Gasteiger partial charge in [-0.2, -0.15) is 0 Å². The van der Waals surface area contributed by atoms with Crippen LogP contribution in [0, 0.1) is 6.92 Å². The largest absolute Gasteiger partial charge is 0.493 e. The number of rotatable bonds is 7. The third-order valence-corrected chi connectivity index (χ3v) is 4.25. The Balaban J connectivity index is 2.03. The highest BCUT2D eigenvalue weighted by Gasteiger charge is 2.14. The minimum Gasteiger partial charge on any atom is -0.493 e. The molecule has 0 bridgehead atoms. The molecule has 0 aliphatic heterocycles. The molecule has 2 aromatic rings. The molecular weight excluding hydrogens is 344 g/mol. The van der Waals surface area contributed by atoms with Crippen LogP contribution in [0.1, 0.15) is 41.3 Å². The number of hydrogen-bond acceptors (Lipinski definition) is 4. The molecule has 0 fully saturated rings. The quantitative estimate of drug-likeness (QED) is 0.782. The van der Waals surface area contributed by atoms with Crippen LogP contribution in [-0.4, -0.2) is 32.6 Å². The summed E-state index contributed by atoms with van der Waals surface area (Å²) in [5, 5.41) is 5.54. The number of benzene rings is 2. The fraction of sp³-hybridized carbons (Fsp3) is 0.333. The molecule has 0 atom stereocenters. The molecule has 0 aromatic heterocycles. The van der Waals surface area contributed by atoms with Gasteiger partial charge in [0.2, 0.25) is 5.91 Å². The third kappa shape index (κ3) is 5.00. The van der Waals surface area contributed by atoms with Gasteiger partial charge in [0.15, 0.2) is 11.5 Å². The van der Waals surface area contributed by atoms with Crippen LogP contribution in [-0.2, 0) is 4.79 Å². The van der Waals surface area contributed by atoms with Crippen molar-refractivity contribution in [3.63, 3.8) is 0 Å². The summed E-state index contributed by atoms with van der Waals surface area (Å²) in [5.74, 6) is 0.630. The molecule has 0 spiro atoms. The highest BCUT2D eigenvalue weighted by atomic mass is 16.5. The lowest BCUT2D eigenvalue weighted by atomic mass is 9.98. The third-order valence-electron chi connectivity index (χ3n) is 4.25. The molecule has 0 aliphatic rings. The Morgan fingerprint density at radius 3 is 2.37 bits per heavy atom. The number of para-hydroxylation sites is 1. The van der Waals surface area contributed by atoms with Gasteiger partial charge in [0.05, 0.1) is 20.8 Å². The summed E-state index contributed by atoms with van der Waals surface area (Å²) >= 11 is 0. The van der Waals surface area contributed by atoms with Crippen LogP contribution in [0.25, 0.3) is 0 Å². The van der Waals surface area contributed by atoms with Crippen LogP contribution in [0.15, 0.2) is 36.4 Å². The van der Waals surface area contributed by atoms with Crippen LogP contribution >= 0.6 is 0 Å². The monoisotopic (exact) mass is 370 g/mol. The Labute approximate surface area is 159 Å². The Bertz CT molecular complexity index is 831. The molecule has 6 heteroatoms. The van der Waals surface area contributed by atoms with E-state index in [0.29, 0.717) is 17.1 Å². The van der Waals surface area contributed by atoms with Crippen LogP contribution in [0.4, 0.5) is 5.69 Å². The van der Waals surface area contributed by atoms with E-state index in [-0.39, 0.29) is 24.3 Å². The van der Waals surface area contributed by atoms with Gasteiger partial charge in [-0.1, -0.05) is 32.0 Å². The SMILES string of the molecule is COc1ccc(C(=O)NCC(=O)Nc2c(C)cccc2C(C)C)cc1OC. The molecule has 2 rings (SSSR count). The van der Waals surface area contributed by atoms with E-state index in [2.05, 4.69) is 24.5 Å². The maximum atomic E-state index is 12.3. The first kappa shape index (κ1) is 20.3. The number of nitrogens with one attached hydrogen (secondary N) is 2. The number of carbonyl (C=O) groups is 2. The van der Waals surface area contributed by atoms with Crippen molar-refractivity contribution >= 4 is 17.5 Å². The standard InChI is InChI=1S/C21H26N2O4/c1-13(2)16-8-6-7-14(3)20(16)23-19(24)12-22-21(25)15-9-10-17(26-4)18(11-15)27-5/h6-11,13H,12H2,1-5H3,(H,22,25)(H,23,24). The van der Waals surface area contributed by atoms with Crippen LogP contribution < -0.4 is 20.1 Å². The molecule has 2 aromatic carbocycles. The lowest BCUT2D eigenvalue weighted by molar-refractivity contribution is -0.115. The van der Waals surface area contributed by atoms with Crippen molar-refractivity contribution in [2.75, 3.05) is 26.1 Å². The van der Waals surface area contributed by atoms with E-state index in [0.717, 1.165) is 16.8 Å². The Kier molecular flexibility index (Phi) is 6.82. The first-order valence-corrected chi connectivity index (χ1v) is 8.77. The summed E-state index contributed by atoms with van der Waals surface area (Å²) in [4.78, 5) is 24.7. The van der Waals surface area contributed by atoms with E-state index >= 15 is 0 Å². The van der Waals surface area contributed by atoms with Crippen LogP contribution in [0.3, 0.4) is 0 Å². The van der Waals surface area contributed by atoms with Gasteiger partial charge in [-0.25, -0.2) is 0 Å². The van der Waals surface area contributed by atoms with Crippen molar-refractivity contribution in [1.29, 1.82) is 0 Å². The van der Waals surface area contributed by atoms with Gasteiger partial charge in [-0.15, -0.1) is 0 Å². The highest BCUT2D eigenvalue weighted by molar-refractivity contribution is 6.00. The first-order chi connectivity index (χ1) is 12.9. The zero-order valence-corrected chi connectivity index (χ0v) is 16.4. The lowest BCUT2D eigenvalue weighted by Crippen LogP contribution is -2.33. The maximum Gasteiger partial charge on any atom is 0.251 e. The number of amides is 2. The number of anilines is 1. The average molecular weight is 370 g/mol. The number of ether oxygens (including phenoxy) is 2. The van der Waals surface area contributed by atoms with E-state index in [9.17, 15) is 9.59 Å². The molecule has 0 saturated heterocycles. The van der Waals surface area contributed by atoms with Crippen molar-refractivity contribution in [2.45, 2.75) is 26.7 Å². The lowest BCUT2D eigenvalue weighted by Gasteiger charge is -2.16. The van der Waals surface area contributed by atoms with Crippen molar-refractivity contribution in [3.05, 3.63) is 53.1 Å². The van der Waals surface area contributed by atoms with Gasteiger partial charge in [0.25, 0.3) is 5.91 Å². The molecule has 27 heavy (non-hydrogen) atoms. The van der Waals surface area contributed by atoms with Gasteiger partial charge in [0.1, 0.15) is 0 Å². The maximum absolute atomic E-state index is 12.3. The Morgan fingerprint density at radius 1 is 1.04 bits per heavy atom. The second-order valence-corrected chi connectivity index (χ2v) is 6.49. The molecule has 2 N–H and O–H groups in total. The molecule has 0 saturated carbocycles. The number of hydrogen-bond donors (Lipinski definition) is 2. The Hall–Kier alpha value is -3.02. The Morgan fingerprint density at radius 2 is 1.74 bits per heavy atom. The van der Waals surface area contributed by atoms with Gasteiger partial charge in [-0.3, -0.25) is 9.59 Å². The molecule has 0 radical (unpaired) electrons. The summed E-state index contributed by atoms with van der Waals surface area (Å²) in [6.07, 6.45) is 0. The zero-order chi connectivity index (χ0) is 20.0. The molecule has 0 aliphatic carbocycles. The predicted molar refractivity (Wildman–Crippen MR) is 106 cm³/mol. The van der Waals surface area contributed by atoms with Gasteiger partial charge >= 0.3 is 0 Å². The van der Waals surface area contributed by atoms with Gasteiger partial charge in [0, 0.05) is 11.3 Å². The molecule has 0 heterocycles. The number of methoxy groups -OCH3 is 2. The molecule has 144 valence electrons. The smallest absolute Gasteiger partial charge is 0.251 e. The fourth-order valence-electron chi connectivity index (χ4n) is 2.77. The minimum absolute atomic E-state index is 0.126. The molecular formula is C21H26N2O4. The highest BCUT2D eigenvalue weighted by Crippen LogP contribution is 2.28. The minimum atomic E-state index is -0.361. The van der Waals surface area contributed by atoms with E-state index in [1.54, 1.807) is 18.2 Å². The average Bonchev–Trinajstić information content (AvgIpc) is 2.66. The number of aryl methyl sites for hydroxylation is 1. The summed E-state index contributed by atoms with van der Waals surface area (Å²) in [6.45, 7) is 5.97. The molecule has 2 amide bonds. The second-order valence-electron chi connectivity index (χ2n) is 6.49. The predicted octanol–water partition coefficient (Wildman–Crippen LogP) is 3.50. The summed E-state index contributed by atoms with van der Waals surface area (Å²) in [7, 11) is 3.03. The summed E-state index contributed by atoms with van der Waals surface area (Å²) < 4.78 is 10.4. The first-order valence-electron chi connectivity index (χ1n) is 8.77.